The Kier molecular flexibility index (Phi) is 5.08. The van der Waals surface area contributed by atoms with Gasteiger partial charge in [-0.1, -0.05) is 18.6 Å². The lowest BCUT2D eigenvalue weighted by Gasteiger charge is -2.37. The molecule has 2 unspecified atom stereocenters. The number of likely N-dealkylation sites (tertiary alicyclic amines) is 1. The van der Waals surface area contributed by atoms with Gasteiger partial charge >= 0.3 is 0 Å². The smallest absolute Gasteiger partial charge is 0.123 e. The predicted octanol–water partition coefficient (Wildman–Crippen LogP) is 2.77. The van der Waals surface area contributed by atoms with Crippen molar-refractivity contribution in [2.45, 2.75) is 51.4 Å². The molecule has 4 nitrogen and oxygen atoms in total. The first-order valence-corrected chi connectivity index (χ1v) is 8.37. The zero-order chi connectivity index (χ0) is 16.2. The summed E-state index contributed by atoms with van der Waals surface area (Å²) in [5.74, 6) is -0.207. The molecule has 2 heterocycles. The Labute approximate surface area is 137 Å². The summed E-state index contributed by atoms with van der Waals surface area (Å²) in [5, 5.41) is 4.43. The largest absolute Gasteiger partial charge is 0.327 e. The van der Waals surface area contributed by atoms with E-state index < -0.39 is 0 Å². The van der Waals surface area contributed by atoms with E-state index in [1.165, 1.54) is 37.0 Å². The minimum absolute atomic E-state index is 0.199. The summed E-state index contributed by atoms with van der Waals surface area (Å²) in [4.78, 5) is 2.48. The zero-order valence-corrected chi connectivity index (χ0v) is 13.7. The average molecular weight is 316 g/mol. The molecule has 1 aliphatic rings. The van der Waals surface area contributed by atoms with Gasteiger partial charge in [0.1, 0.15) is 5.82 Å². The molecule has 0 bridgehead atoms. The first-order valence-electron chi connectivity index (χ1n) is 8.37. The Morgan fingerprint density at radius 3 is 2.74 bits per heavy atom. The third kappa shape index (κ3) is 4.18. The predicted molar refractivity (Wildman–Crippen MR) is 89.4 cm³/mol. The van der Waals surface area contributed by atoms with Gasteiger partial charge in [0.25, 0.3) is 0 Å². The molecule has 1 aliphatic heterocycles. The van der Waals surface area contributed by atoms with Crippen LogP contribution < -0.4 is 5.73 Å². The monoisotopic (exact) mass is 316 g/mol. The minimum atomic E-state index is -0.207. The quantitative estimate of drug-likeness (QED) is 0.922. The van der Waals surface area contributed by atoms with Crippen LogP contribution in [0.1, 0.15) is 37.3 Å². The number of nitrogens with zero attached hydrogens (tertiary/aromatic N) is 3. The van der Waals surface area contributed by atoms with Gasteiger partial charge in [-0.05, 0) is 44.0 Å². The van der Waals surface area contributed by atoms with Crippen LogP contribution in [0.25, 0.3) is 0 Å². The van der Waals surface area contributed by atoms with Crippen LogP contribution >= 0.6 is 0 Å². The van der Waals surface area contributed by atoms with Crippen LogP contribution in [0.15, 0.2) is 36.7 Å². The van der Waals surface area contributed by atoms with Crippen molar-refractivity contribution in [1.82, 2.24) is 14.7 Å². The molecule has 5 heteroatoms. The fraction of sp³-hybridized carbons (Fsp3) is 0.500. The average Bonchev–Trinajstić information content (AvgIpc) is 2.97. The van der Waals surface area contributed by atoms with E-state index in [-0.39, 0.29) is 11.9 Å². The third-order valence-corrected chi connectivity index (χ3v) is 4.60. The van der Waals surface area contributed by atoms with Crippen LogP contribution in [0, 0.1) is 5.82 Å². The van der Waals surface area contributed by atoms with Crippen molar-refractivity contribution in [3.05, 3.63) is 53.6 Å². The Morgan fingerprint density at radius 2 is 2.00 bits per heavy atom. The number of halogens is 1. The summed E-state index contributed by atoms with van der Waals surface area (Å²) in [6.45, 7) is 4.77. The van der Waals surface area contributed by atoms with Gasteiger partial charge in [-0.15, -0.1) is 0 Å². The SMILES string of the molecule is CC(N)C1CCCCN1Cc1cnn(Cc2ccc(F)cc2)c1. The van der Waals surface area contributed by atoms with Gasteiger partial charge in [-0.2, -0.15) is 5.10 Å². The Hall–Kier alpha value is -1.72. The Morgan fingerprint density at radius 1 is 1.22 bits per heavy atom. The molecule has 2 aromatic rings. The molecule has 0 aliphatic carbocycles. The maximum absolute atomic E-state index is 13.0. The second-order valence-electron chi connectivity index (χ2n) is 6.57. The zero-order valence-electron chi connectivity index (χ0n) is 13.7. The van der Waals surface area contributed by atoms with E-state index in [1.54, 1.807) is 12.1 Å². The second-order valence-corrected chi connectivity index (χ2v) is 6.57. The van der Waals surface area contributed by atoms with E-state index >= 15 is 0 Å². The van der Waals surface area contributed by atoms with Crippen molar-refractivity contribution in [3.8, 4) is 0 Å². The fourth-order valence-electron chi connectivity index (χ4n) is 3.39. The summed E-state index contributed by atoms with van der Waals surface area (Å²) >= 11 is 0. The van der Waals surface area contributed by atoms with Crippen molar-refractivity contribution in [1.29, 1.82) is 0 Å². The fourth-order valence-corrected chi connectivity index (χ4v) is 3.39. The normalized spacial score (nSPS) is 20.6. The molecule has 0 amide bonds. The lowest BCUT2D eigenvalue weighted by molar-refractivity contribution is 0.123. The van der Waals surface area contributed by atoms with Gasteiger partial charge in [-0.3, -0.25) is 9.58 Å². The molecule has 124 valence electrons. The van der Waals surface area contributed by atoms with Crippen LogP contribution in [0.3, 0.4) is 0 Å². The molecule has 1 saturated heterocycles. The molecule has 0 radical (unpaired) electrons. The van der Waals surface area contributed by atoms with Gasteiger partial charge in [0.05, 0.1) is 12.7 Å². The Bertz CT molecular complexity index is 620. The van der Waals surface area contributed by atoms with Crippen molar-refractivity contribution in [2.24, 2.45) is 5.73 Å². The third-order valence-electron chi connectivity index (χ3n) is 4.60. The van der Waals surface area contributed by atoms with Crippen LogP contribution in [0.2, 0.25) is 0 Å². The molecule has 0 saturated carbocycles. The van der Waals surface area contributed by atoms with Gasteiger partial charge in [0.2, 0.25) is 0 Å². The molecule has 2 atom stereocenters. The van der Waals surface area contributed by atoms with Crippen LogP contribution in [-0.4, -0.2) is 33.3 Å². The van der Waals surface area contributed by atoms with Gasteiger partial charge in [-0.25, -0.2) is 4.39 Å². The van der Waals surface area contributed by atoms with E-state index in [4.69, 9.17) is 5.73 Å². The number of hydrogen-bond donors (Lipinski definition) is 1. The molecular weight excluding hydrogens is 291 g/mol. The van der Waals surface area contributed by atoms with E-state index in [2.05, 4.69) is 23.1 Å². The van der Waals surface area contributed by atoms with E-state index in [9.17, 15) is 4.39 Å². The van der Waals surface area contributed by atoms with E-state index in [1.807, 2.05) is 10.9 Å². The van der Waals surface area contributed by atoms with Crippen molar-refractivity contribution >= 4 is 0 Å². The Balaban J connectivity index is 1.63. The van der Waals surface area contributed by atoms with Gasteiger partial charge in [0.15, 0.2) is 0 Å². The highest BCUT2D eigenvalue weighted by molar-refractivity contribution is 5.17. The highest BCUT2D eigenvalue weighted by Gasteiger charge is 2.25. The standard InChI is InChI=1S/C18H25FN4/c1-14(20)18-4-2-3-9-22(18)11-16-10-21-23(13-16)12-15-5-7-17(19)8-6-15/h5-8,10,13-14,18H,2-4,9,11-12,20H2,1H3. The molecule has 2 N–H and O–H groups in total. The van der Waals surface area contributed by atoms with Gasteiger partial charge < -0.3 is 5.73 Å². The highest BCUT2D eigenvalue weighted by Crippen LogP contribution is 2.21. The van der Waals surface area contributed by atoms with Gasteiger partial charge in [0, 0.05) is 30.4 Å². The lowest BCUT2D eigenvalue weighted by atomic mass is 9.96. The van der Waals surface area contributed by atoms with Crippen LogP contribution in [-0.2, 0) is 13.1 Å². The summed E-state index contributed by atoms with van der Waals surface area (Å²) in [7, 11) is 0. The molecule has 1 fully saturated rings. The summed E-state index contributed by atoms with van der Waals surface area (Å²) in [6.07, 6.45) is 7.70. The minimum Gasteiger partial charge on any atom is -0.327 e. The number of nitrogens with two attached hydrogens (primary N) is 1. The topological polar surface area (TPSA) is 47.1 Å². The number of benzene rings is 1. The van der Waals surface area contributed by atoms with Crippen molar-refractivity contribution in [3.63, 3.8) is 0 Å². The second kappa shape index (κ2) is 7.23. The molecular formula is C18H25FN4. The lowest BCUT2D eigenvalue weighted by Crippen LogP contribution is -2.48. The highest BCUT2D eigenvalue weighted by atomic mass is 19.1. The number of aromatic nitrogens is 2. The first-order chi connectivity index (χ1) is 11.1. The van der Waals surface area contributed by atoms with E-state index in [0.717, 1.165) is 18.7 Å². The van der Waals surface area contributed by atoms with E-state index in [0.29, 0.717) is 12.6 Å². The first kappa shape index (κ1) is 16.1. The summed E-state index contributed by atoms with van der Waals surface area (Å²) in [6, 6.07) is 7.23. The summed E-state index contributed by atoms with van der Waals surface area (Å²) in [5.41, 5.74) is 8.39. The maximum atomic E-state index is 13.0. The molecule has 23 heavy (non-hydrogen) atoms. The number of hydrogen-bond acceptors (Lipinski definition) is 3. The van der Waals surface area contributed by atoms with Crippen molar-refractivity contribution in [2.75, 3.05) is 6.54 Å². The molecule has 1 aromatic carbocycles. The number of piperidine rings is 1. The van der Waals surface area contributed by atoms with Crippen molar-refractivity contribution < 1.29 is 4.39 Å². The molecule has 0 spiro atoms. The molecule has 3 rings (SSSR count). The maximum Gasteiger partial charge on any atom is 0.123 e. The van der Waals surface area contributed by atoms with Crippen LogP contribution in [0.5, 0.6) is 0 Å². The summed E-state index contributed by atoms with van der Waals surface area (Å²) < 4.78 is 14.9. The molecule has 1 aromatic heterocycles. The number of rotatable bonds is 5. The van der Waals surface area contributed by atoms with Crippen LogP contribution in [0.4, 0.5) is 4.39 Å².